The summed E-state index contributed by atoms with van der Waals surface area (Å²) in [4.78, 5) is 12.0. The molecule has 0 radical (unpaired) electrons. The summed E-state index contributed by atoms with van der Waals surface area (Å²) in [6.07, 6.45) is 1.88. The second-order valence-electron chi connectivity index (χ2n) is 7.36. The fourth-order valence-electron chi connectivity index (χ4n) is 3.42. The average molecular weight is 400 g/mol. The summed E-state index contributed by atoms with van der Waals surface area (Å²) in [5.74, 6) is 1.94. The molecular weight excluding hydrogens is 374 g/mol. The summed E-state index contributed by atoms with van der Waals surface area (Å²) < 4.78 is 6.01. The van der Waals surface area contributed by atoms with E-state index >= 15 is 0 Å². The van der Waals surface area contributed by atoms with Gasteiger partial charge < -0.3 is 10.1 Å². The Kier molecular flexibility index (Phi) is 5.39. The summed E-state index contributed by atoms with van der Waals surface area (Å²) in [6.45, 7) is 7.98. The van der Waals surface area contributed by atoms with Crippen LogP contribution in [0.2, 0.25) is 0 Å². The smallest absolute Gasteiger partial charge is 0.190 e. The first-order valence-corrected chi connectivity index (χ1v) is 11.2. The third kappa shape index (κ3) is 4.13. The number of thiophene rings is 1. The molecule has 27 heavy (non-hydrogen) atoms. The fraction of sp³-hybridized carbons (Fsp3) is 0.429. The van der Waals surface area contributed by atoms with Crippen LogP contribution in [-0.2, 0) is 24.2 Å². The van der Waals surface area contributed by atoms with Crippen LogP contribution in [0.15, 0.2) is 35.5 Å². The minimum Gasteiger partial charge on any atom is -0.370 e. The van der Waals surface area contributed by atoms with Crippen molar-refractivity contribution >= 4 is 39.1 Å². The third-order valence-electron chi connectivity index (χ3n) is 4.73. The monoisotopic (exact) mass is 399 g/mol. The van der Waals surface area contributed by atoms with Crippen LogP contribution in [0.5, 0.6) is 0 Å². The Hall–Kier alpha value is -1.63. The summed E-state index contributed by atoms with van der Waals surface area (Å²) in [7, 11) is 0. The Labute approximate surface area is 168 Å². The highest BCUT2D eigenvalue weighted by Crippen LogP contribution is 2.41. The first-order chi connectivity index (χ1) is 13.1. The Balaban J connectivity index is 1.67. The fourth-order valence-corrected chi connectivity index (χ4v) is 5.15. The molecule has 1 aliphatic heterocycles. The molecule has 1 aliphatic rings. The lowest BCUT2D eigenvalue weighted by Crippen LogP contribution is -2.31. The van der Waals surface area contributed by atoms with E-state index in [1.807, 2.05) is 0 Å². The number of thioether (sulfide) groups is 1. The van der Waals surface area contributed by atoms with Gasteiger partial charge in [-0.1, -0.05) is 49.0 Å². The van der Waals surface area contributed by atoms with Crippen molar-refractivity contribution < 1.29 is 4.74 Å². The lowest BCUT2D eigenvalue weighted by atomic mass is 9.94. The van der Waals surface area contributed by atoms with Gasteiger partial charge in [0.15, 0.2) is 5.16 Å². The number of anilines is 1. The quantitative estimate of drug-likeness (QED) is 0.450. The maximum atomic E-state index is 6.01. The average Bonchev–Trinajstić information content (AvgIpc) is 2.99. The Morgan fingerprint density at radius 3 is 2.81 bits per heavy atom. The molecule has 3 aromatic rings. The van der Waals surface area contributed by atoms with E-state index < -0.39 is 0 Å². The van der Waals surface area contributed by atoms with E-state index in [9.17, 15) is 0 Å². The van der Waals surface area contributed by atoms with Gasteiger partial charge >= 0.3 is 0 Å². The van der Waals surface area contributed by atoms with Gasteiger partial charge in [-0.25, -0.2) is 9.97 Å². The number of nitrogens with zero attached hydrogens (tertiary/aromatic N) is 2. The summed E-state index contributed by atoms with van der Waals surface area (Å²) >= 11 is 3.45. The van der Waals surface area contributed by atoms with Gasteiger partial charge in [0.25, 0.3) is 0 Å². The van der Waals surface area contributed by atoms with Crippen molar-refractivity contribution in [3.05, 3.63) is 46.3 Å². The molecular formula is C21H25N3OS2. The minimum absolute atomic E-state index is 0.140. The summed E-state index contributed by atoms with van der Waals surface area (Å²) in [6, 6.07) is 10.6. The molecule has 0 bridgehead atoms. The van der Waals surface area contributed by atoms with Crippen LogP contribution in [0.3, 0.4) is 0 Å². The van der Waals surface area contributed by atoms with E-state index in [-0.39, 0.29) is 5.60 Å². The number of benzene rings is 1. The largest absolute Gasteiger partial charge is 0.370 e. The van der Waals surface area contributed by atoms with Crippen molar-refractivity contribution in [2.24, 2.45) is 0 Å². The normalized spacial score (nSPS) is 15.7. The number of ether oxygens (including phenoxy) is 1. The number of fused-ring (bicyclic) bond motifs is 3. The third-order valence-corrected chi connectivity index (χ3v) is 6.56. The number of aromatic nitrogens is 2. The van der Waals surface area contributed by atoms with E-state index in [2.05, 4.69) is 56.4 Å². The molecule has 0 unspecified atom stereocenters. The summed E-state index contributed by atoms with van der Waals surface area (Å²) in [5.41, 5.74) is 2.56. The molecule has 0 spiro atoms. The molecule has 2 aromatic heterocycles. The van der Waals surface area contributed by atoms with Gasteiger partial charge in [-0.15, -0.1) is 11.3 Å². The van der Waals surface area contributed by atoms with E-state index in [1.165, 1.54) is 21.4 Å². The number of hydrogen-bond donors (Lipinski definition) is 1. The van der Waals surface area contributed by atoms with Crippen molar-refractivity contribution in [3.8, 4) is 0 Å². The molecule has 1 aromatic carbocycles. The molecule has 0 atom stereocenters. The molecule has 4 rings (SSSR count). The summed E-state index contributed by atoms with van der Waals surface area (Å²) in [5, 5.41) is 5.65. The zero-order valence-electron chi connectivity index (χ0n) is 16.0. The maximum absolute atomic E-state index is 6.01. The SMILES string of the molecule is CCSc1nc(NCCc2ccccc2)c2c3c(sc2n1)COC(C)(C)C3. The molecule has 4 nitrogen and oxygen atoms in total. The lowest BCUT2D eigenvalue weighted by molar-refractivity contribution is -0.0379. The number of rotatable bonds is 6. The van der Waals surface area contributed by atoms with Gasteiger partial charge in [0.2, 0.25) is 0 Å². The van der Waals surface area contributed by atoms with Gasteiger partial charge in [-0.05, 0) is 37.1 Å². The Morgan fingerprint density at radius 1 is 1.22 bits per heavy atom. The van der Waals surface area contributed by atoms with Crippen LogP contribution >= 0.6 is 23.1 Å². The number of nitrogens with one attached hydrogen (secondary N) is 1. The molecule has 0 amide bonds. The van der Waals surface area contributed by atoms with Gasteiger partial charge in [-0.3, -0.25) is 0 Å². The second-order valence-corrected chi connectivity index (χ2v) is 9.67. The molecule has 142 valence electrons. The van der Waals surface area contributed by atoms with Crippen LogP contribution in [0.1, 0.15) is 36.8 Å². The van der Waals surface area contributed by atoms with Crippen LogP contribution in [0, 0.1) is 0 Å². The maximum Gasteiger partial charge on any atom is 0.190 e. The van der Waals surface area contributed by atoms with Gasteiger partial charge in [0, 0.05) is 17.8 Å². The minimum atomic E-state index is -0.140. The zero-order chi connectivity index (χ0) is 18.9. The Morgan fingerprint density at radius 2 is 2.04 bits per heavy atom. The van der Waals surface area contributed by atoms with E-state index in [0.29, 0.717) is 6.61 Å². The van der Waals surface area contributed by atoms with Crippen molar-refractivity contribution in [1.82, 2.24) is 9.97 Å². The standard InChI is InChI=1S/C21H25N3OS2/c1-4-26-20-23-18(22-11-10-14-8-6-5-7-9-14)17-15-12-21(2,3)25-13-16(15)27-19(17)24-20/h5-9H,4,10-13H2,1-3H3,(H,22,23,24). The highest BCUT2D eigenvalue weighted by Gasteiger charge is 2.31. The molecule has 3 heterocycles. The molecule has 0 aliphatic carbocycles. The highest BCUT2D eigenvalue weighted by molar-refractivity contribution is 7.99. The first-order valence-electron chi connectivity index (χ1n) is 9.42. The second kappa shape index (κ2) is 7.78. The van der Waals surface area contributed by atoms with Crippen LogP contribution in [0.4, 0.5) is 5.82 Å². The lowest BCUT2D eigenvalue weighted by Gasteiger charge is -2.30. The van der Waals surface area contributed by atoms with Gasteiger partial charge in [0.1, 0.15) is 10.6 Å². The van der Waals surface area contributed by atoms with Crippen molar-refractivity contribution in [2.45, 2.75) is 51.0 Å². The molecule has 0 saturated carbocycles. The molecule has 0 saturated heterocycles. The first kappa shape index (κ1) is 18.7. The van der Waals surface area contributed by atoms with Crippen molar-refractivity contribution in [1.29, 1.82) is 0 Å². The van der Waals surface area contributed by atoms with E-state index in [4.69, 9.17) is 14.7 Å². The number of hydrogen-bond acceptors (Lipinski definition) is 6. The predicted octanol–water partition coefficient (Wildman–Crippen LogP) is 5.31. The molecule has 6 heteroatoms. The van der Waals surface area contributed by atoms with Gasteiger partial charge in [0.05, 0.1) is 17.6 Å². The van der Waals surface area contributed by atoms with Gasteiger partial charge in [-0.2, -0.15) is 0 Å². The van der Waals surface area contributed by atoms with Crippen LogP contribution in [0.25, 0.3) is 10.2 Å². The van der Waals surface area contributed by atoms with Crippen LogP contribution < -0.4 is 5.32 Å². The zero-order valence-corrected chi connectivity index (χ0v) is 17.7. The Bertz CT molecular complexity index is 937. The molecule has 0 fully saturated rings. The topological polar surface area (TPSA) is 47.0 Å². The van der Waals surface area contributed by atoms with Crippen LogP contribution in [-0.4, -0.2) is 27.9 Å². The van der Waals surface area contributed by atoms with Crippen molar-refractivity contribution in [3.63, 3.8) is 0 Å². The highest BCUT2D eigenvalue weighted by atomic mass is 32.2. The van der Waals surface area contributed by atoms with E-state index in [1.54, 1.807) is 23.1 Å². The van der Waals surface area contributed by atoms with E-state index in [0.717, 1.165) is 40.9 Å². The predicted molar refractivity (Wildman–Crippen MR) is 115 cm³/mol. The van der Waals surface area contributed by atoms with Crippen molar-refractivity contribution in [2.75, 3.05) is 17.6 Å². The molecule has 1 N–H and O–H groups in total.